The van der Waals surface area contributed by atoms with Crippen molar-refractivity contribution in [3.05, 3.63) is 23.4 Å². The molecule has 1 unspecified atom stereocenters. The summed E-state index contributed by atoms with van der Waals surface area (Å²) < 4.78 is 0. The highest BCUT2D eigenvalue weighted by atomic mass is 15.2. The highest BCUT2D eigenvalue weighted by Crippen LogP contribution is 2.21. The fourth-order valence-corrected chi connectivity index (χ4v) is 2.98. The van der Waals surface area contributed by atoms with Crippen LogP contribution in [-0.4, -0.2) is 49.7 Å². The predicted octanol–water partition coefficient (Wildman–Crippen LogP) is 2.42. The number of hydrogen-bond donors (Lipinski definition) is 1. The summed E-state index contributed by atoms with van der Waals surface area (Å²) in [4.78, 5) is 9.55. The normalized spacial score (nSPS) is 19.3. The highest BCUT2D eigenvalue weighted by Gasteiger charge is 2.22. The first kappa shape index (κ1) is 16.2. The quantitative estimate of drug-likeness (QED) is 0.815. The number of likely N-dealkylation sites (N-methyl/N-ethyl adjacent to an activating group) is 1. The molecular formula is C17H30N4. The van der Waals surface area contributed by atoms with E-state index < -0.39 is 0 Å². The zero-order valence-electron chi connectivity index (χ0n) is 14.0. The summed E-state index contributed by atoms with van der Waals surface area (Å²) in [6.07, 6.45) is 3.72. The van der Waals surface area contributed by atoms with Crippen LogP contribution in [0.25, 0.3) is 0 Å². The summed E-state index contributed by atoms with van der Waals surface area (Å²) in [5.74, 6) is 1.15. The molecule has 0 amide bonds. The molecule has 0 radical (unpaired) electrons. The Morgan fingerprint density at radius 1 is 1.38 bits per heavy atom. The Morgan fingerprint density at radius 2 is 2.19 bits per heavy atom. The van der Waals surface area contributed by atoms with E-state index >= 15 is 0 Å². The van der Waals surface area contributed by atoms with E-state index in [4.69, 9.17) is 4.98 Å². The van der Waals surface area contributed by atoms with Crippen molar-refractivity contribution in [2.45, 2.75) is 45.7 Å². The van der Waals surface area contributed by atoms with Gasteiger partial charge in [0.05, 0.1) is 0 Å². The highest BCUT2D eigenvalue weighted by molar-refractivity contribution is 5.43. The largest absolute Gasteiger partial charge is 0.355 e. The molecule has 2 rings (SSSR count). The van der Waals surface area contributed by atoms with E-state index in [0.717, 1.165) is 37.7 Å². The maximum absolute atomic E-state index is 4.76. The van der Waals surface area contributed by atoms with Gasteiger partial charge in [0.1, 0.15) is 5.82 Å². The van der Waals surface area contributed by atoms with Crippen molar-refractivity contribution < 1.29 is 0 Å². The van der Waals surface area contributed by atoms with E-state index in [0.29, 0.717) is 6.04 Å². The van der Waals surface area contributed by atoms with Gasteiger partial charge in [0, 0.05) is 31.4 Å². The molecule has 0 aromatic carbocycles. The minimum Gasteiger partial charge on any atom is -0.355 e. The van der Waals surface area contributed by atoms with E-state index in [-0.39, 0.29) is 0 Å². The Morgan fingerprint density at radius 3 is 2.90 bits per heavy atom. The van der Waals surface area contributed by atoms with Crippen LogP contribution in [0.4, 0.5) is 5.82 Å². The van der Waals surface area contributed by atoms with Crippen LogP contribution in [0.1, 0.15) is 37.4 Å². The summed E-state index contributed by atoms with van der Waals surface area (Å²) in [5, 5.41) is 3.48. The Balaban J connectivity index is 2.07. The fourth-order valence-electron chi connectivity index (χ4n) is 2.98. The van der Waals surface area contributed by atoms with Crippen LogP contribution in [0.2, 0.25) is 0 Å². The second-order valence-electron chi connectivity index (χ2n) is 6.36. The van der Waals surface area contributed by atoms with E-state index in [1.807, 2.05) is 0 Å². The zero-order chi connectivity index (χ0) is 15.2. The number of aryl methyl sites for hydroxylation is 1. The first-order valence-electron chi connectivity index (χ1n) is 8.19. The zero-order valence-corrected chi connectivity index (χ0v) is 14.0. The van der Waals surface area contributed by atoms with E-state index in [9.17, 15) is 0 Å². The summed E-state index contributed by atoms with van der Waals surface area (Å²) in [6, 6.07) is 5.09. The van der Waals surface area contributed by atoms with Crippen LogP contribution in [0.15, 0.2) is 12.1 Å². The van der Waals surface area contributed by atoms with Crippen LogP contribution in [0.5, 0.6) is 0 Å². The van der Waals surface area contributed by atoms with Crippen molar-refractivity contribution in [2.24, 2.45) is 0 Å². The van der Waals surface area contributed by atoms with Crippen molar-refractivity contribution in [1.82, 2.24) is 15.2 Å². The van der Waals surface area contributed by atoms with Crippen LogP contribution in [-0.2, 0) is 6.54 Å². The van der Waals surface area contributed by atoms with Crippen molar-refractivity contribution in [2.75, 3.05) is 38.6 Å². The predicted molar refractivity (Wildman–Crippen MR) is 89.9 cm³/mol. The minimum atomic E-state index is 0.641. The SMILES string of the molecule is CCCNCc1cc(C)nc(N2CCCC(N(C)C)C2)c1. The molecule has 0 spiro atoms. The molecule has 21 heavy (non-hydrogen) atoms. The molecule has 4 heteroatoms. The molecule has 4 nitrogen and oxygen atoms in total. The molecule has 1 aliphatic heterocycles. The Hall–Kier alpha value is -1.13. The van der Waals surface area contributed by atoms with E-state index in [2.05, 4.69) is 55.2 Å². The van der Waals surface area contributed by atoms with Crippen LogP contribution < -0.4 is 10.2 Å². The lowest BCUT2D eigenvalue weighted by Crippen LogP contribution is -2.45. The van der Waals surface area contributed by atoms with Gasteiger partial charge in [-0.2, -0.15) is 0 Å². The average molecular weight is 290 g/mol. The van der Waals surface area contributed by atoms with Gasteiger partial charge in [-0.05, 0) is 64.5 Å². The lowest BCUT2D eigenvalue weighted by Gasteiger charge is -2.37. The minimum absolute atomic E-state index is 0.641. The second kappa shape index (κ2) is 7.76. The van der Waals surface area contributed by atoms with Gasteiger partial charge in [-0.15, -0.1) is 0 Å². The monoisotopic (exact) mass is 290 g/mol. The van der Waals surface area contributed by atoms with Gasteiger partial charge in [0.25, 0.3) is 0 Å². The van der Waals surface area contributed by atoms with Gasteiger partial charge < -0.3 is 15.1 Å². The first-order chi connectivity index (χ1) is 10.1. The number of aromatic nitrogens is 1. The molecule has 0 bridgehead atoms. The van der Waals surface area contributed by atoms with Gasteiger partial charge in [-0.3, -0.25) is 0 Å². The van der Waals surface area contributed by atoms with Crippen molar-refractivity contribution >= 4 is 5.82 Å². The number of rotatable bonds is 6. The molecule has 1 saturated heterocycles. The third-order valence-electron chi connectivity index (χ3n) is 4.21. The van der Waals surface area contributed by atoms with Gasteiger partial charge in [0.2, 0.25) is 0 Å². The molecule has 1 atom stereocenters. The number of anilines is 1. The van der Waals surface area contributed by atoms with Crippen LogP contribution in [0.3, 0.4) is 0 Å². The average Bonchev–Trinajstić information content (AvgIpc) is 2.47. The first-order valence-corrected chi connectivity index (χ1v) is 8.19. The van der Waals surface area contributed by atoms with Gasteiger partial charge >= 0.3 is 0 Å². The molecule has 0 aliphatic carbocycles. The summed E-state index contributed by atoms with van der Waals surface area (Å²) in [5.41, 5.74) is 2.46. The molecule has 118 valence electrons. The third kappa shape index (κ3) is 4.68. The lowest BCUT2D eigenvalue weighted by molar-refractivity contribution is 0.257. The summed E-state index contributed by atoms with van der Waals surface area (Å²) >= 11 is 0. The number of piperidine rings is 1. The number of nitrogens with one attached hydrogen (secondary N) is 1. The van der Waals surface area contributed by atoms with Gasteiger partial charge in [-0.25, -0.2) is 4.98 Å². The van der Waals surface area contributed by atoms with Crippen molar-refractivity contribution in [3.63, 3.8) is 0 Å². The Labute approximate surface area is 129 Å². The molecule has 1 N–H and O–H groups in total. The number of nitrogens with zero attached hydrogens (tertiary/aromatic N) is 3. The van der Waals surface area contributed by atoms with Gasteiger partial charge in [-0.1, -0.05) is 6.92 Å². The summed E-state index contributed by atoms with van der Waals surface area (Å²) in [6.45, 7) is 8.53. The molecule has 0 saturated carbocycles. The number of pyridine rings is 1. The molecular weight excluding hydrogens is 260 g/mol. The maximum Gasteiger partial charge on any atom is 0.129 e. The van der Waals surface area contributed by atoms with E-state index in [1.165, 1.54) is 24.8 Å². The van der Waals surface area contributed by atoms with Crippen molar-refractivity contribution in [3.8, 4) is 0 Å². The Bertz CT molecular complexity index is 444. The lowest BCUT2D eigenvalue weighted by atomic mass is 10.0. The second-order valence-corrected chi connectivity index (χ2v) is 6.36. The van der Waals surface area contributed by atoms with Crippen LogP contribution >= 0.6 is 0 Å². The molecule has 1 aromatic heterocycles. The standard InChI is InChI=1S/C17H30N4/c1-5-8-18-12-15-10-14(2)19-17(11-15)21-9-6-7-16(13-21)20(3)4/h10-11,16,18H,5-9,12-13H2,1-4H3. The number of hydrogen-bond acceptors (Lipinski definition) is 4. The molecule has 1 aromatic rings. The fraction of sp³-hybridized carbons (Fsp3) is 0.706. The third-order valence-corrected chi connectivity index (χ3v) is 4.21. The molecule has 2 heterocycles. The smallest absolute Gasteiger partial charge is 0.129 e. The summed E-state index contributed by atoms with van der Waals surface area (Å²) in [7, 11) is 4.36. The van der Waals surface area contributed by atoms with Gasteiger partial charge in [0.15, 0.2) is 0 Å². The topological polar surface area (TPSA) is 31.4 Å². The molecule has 1 fully saturated rings. The molecule has 1 aliphatic rings. The van der Waals surface area contributed by atoms with Crippen molar-refractivity contribution in [1.29, 1.82) is 0 Å². The van der Waals surface area contributed by atoms with Crippen LogP contribution in [0, 0.1) is 6.92 Å². The maximum atomic E-state index is 4.76. The van der Waals surface area contributed by atoms with E-state index in [1.54, 1.807) is 0 Å². The Kier molecular flexibility index (Phi) is 6.00.